The van der Waals surface area contributed by atoms with Crippen molar-refractivity contribution in [1.82, 2.24) is 9.97 Å². The lowest BCUT2D eigenvalue weighted by molar-refractivity contribution is 1.17. The highest BCUT2D eigenvalue weighted by Gasteiger charge is 2.15. The molecule has 0 aliphatic carbocycles. The third-order valence-electron chi connectivity index (χ3n) is 2.92. The Morgan fingerprint density at radius 2 is 1.85 bits per heavy atom. The van der Waals surface area contributed by atoms with Crippen molar-refractivity contribution >= 4 is 45.5 Å². The molecule has 0 aliphatic rings. The molecule has 20 heavy (non-hydrogen) atoms. The standard InChI is InChI=1S/C15H10ClIN2S/c1-9-7-8-20-13(9)15-18-12(11(17)14(16)19-15)10-5-3-2-4-6-10/h2-8H,1H3. The van der Waals surface area contributed by atoms with Gasteiger partial charge >= 0.3 is 0 Å². The Hall–Kier alpha value is -0.980. The summed E-state index contributed by atoms with van der Waals surface area (Å²) in [5.41, 5.74) is 3.11. The Labute approximate surface area is 140 Å². The molecule has 0 unspecified atom stereocenters. The minimum absolute atomic E-state index is 0.502. The maximum absolute atomic E-state index is 6.28. The molecule has 0 aliphatic heterocycles. The molecule has 0 radical (unpaired) electrons. The first kappa shape index (κ1) is 14.0. The fourth-order valence-electron chi connectivity index (χ4n) is 1.91. The van der Waals surface area contributed by atoms with Crippen LogP contribution in [-0.2, 0) is 0 Å². The Kier molecular flexibility index (Phi) is 4.05. The summed E-state index contributed by atoms with van der Waals surface area (Å²) < 4.78 is 0.883. The fourth-order valence-corrected chi connectivity index (χ4v) is 3.49. The second-order valence-electron chi connectivity index (χ2n) is 4.30. The Bertz CT molecular complexity index is 756. The van der Waals surface area contributed by atoms with Gasteiger partial charge in [0.05, 0.1) is 14.1 Å². The van der Waals surface area contributed by atoms with Crippen molar-refractivity contribution in [3.8, 4) is 22.0 Å². The second-order valence-corrected chi connectivity index (χ2v) is 6.65. The second kappa shape index (κ2) is 5.79. The largest absolute Gasteiger partial charge is 0.226 e. The Morgan fingerprint density at radius 1 is 1.10 bits per heavy atom. The lowest BCUT2D eigenvalue weighted by Crippen LogP contribution is -1.97. The van der Waals surface area contributed by atoms with Crippen molar-refractivity contribution in [2.24, 2.45) is 0 Å². The summed E-state index contributed by atoms with van der Waals surface area (Å²) in [6, 6.07) is 12.1. The van der Waals surface area contributed by atoms with Crippen LogP contribution in [0.3, 0.4) is 0 Å². The number of aromatic nitrogens is 2. The summed E-state index contributed by atoms with van der Waals surface area (Å²) in [6.45, 7) is 2.06. The molecule has 0 amide bonds. The number of thiophene rings is 1. The molecule has 1 aromatic carbocycles. The molecule has 0 bridgehead atoms. The third kappa shape index (κ3) is 2.60. The molecule has 0 saturated carbocycles. The minimum atomic E-state index is 0.502. The maximum Gasteiger partial charge on any atom is 0.171 e. The third-order valence-corrected chi connectivity index (χ3v) is 5.55. The van der Waals surface area contributed by atoms with Gasteiger partial charge in [0.1, 0.15) is 5.15 Å². The van der Waals surface area contributed by atoms with E-state index >= 15 is 0 Å². The summed E-state index contributed by atoms with van der Waals surface area (Å²) in [5.74, 6) is 0.696. The molecule has 100 valence electrons. The van der Waals surface area contributed by atoms with Crippen LogP contribution in [0.15, 0.2) is 41.8 Å². The number of hydrogen-bond donors (Lipinski definition) is 0. The van der Waals surface area contributed by atoms with Crippen molar-refractivity contribution in [1.29, 1.82) is 0 Å². The molecule has 0 spiro atoms. The van der Waals surface area contributed by atoms with Crippen LogP contribution in [0.1, 0.15) is 5.56 Å². The first-order chi connectivity index (χ1) is 9.66. The average molecular weight is 413 g/mol. The number of aryl methyl sites for hydroxylation is 1. The van der Waals surface area contributed by atoms with Gasteiger partial charge in [0.25, 0.3) is 0 Å². The van der Waals surface area contributed by atoms with E-state index in [1.807, 2.05) is 35.7 Å². The summed E-state index contributed by atoms with van der Waals surface area (Å²) in [4.78, 5) is 10.2. The number of nitrogens with zero attached hydrogens (tertiary/aromatic N) is 2. The zero-order valence-corrected chi connectivity index (χ0v) is 14.3. The van der Waals surface area contributed by atoms with E-state index in [1.165, 1.54) is 5.56 Å². The van der Waals surface area contributed by atoms with Gasteiger partial charge in [-0.2, -0.15) is 0 Å². The van der Waals surface area contributed by atoms with Crippen LogP contribution in [0.5, 0.6) is 0 Å². The van der Waals surface area contributed by atoms with E-state index in [1.54, 1.807) is 11.3 Å². The van der Waals surface area contributed by atoms with Crippen LogP contribution >= 0.6 is 45.5 Å². The summed E-state index contributed by atoms with van der Waals surface area (Å²) in [5, 5.41) is 2.55. The van der Waals surface area contributed by atoms with Gasteiger partial charge < -0.3 is 0 Å². The molecular weight excluding hydrogens is 403 g/mol. The quantitative estimate of drug-likeness (QED) is 0.414. The van der Waals surface area contributed by atoms with Gasteiger partial charge in [-0.05, 0) is 46.5 Å². The van der Waals surface area contributed by atoms with Gasteiger partial charge in [-0.25, -0.2) is 9.97 Å². The van der Waals surface area contributed by atoms with E-state index in [0.29, 0.717) is 11.0 Å². The fraction of sp³-hybridized carbons (Fsp3) is 0.0667. The van der Waals surface area contributed by atoms with E-state index in [4.69, 9.17) is 16.6 Å². The molecule has 2 aromatic heterocycles. The van der Waals surface area contributed by atoms with Gasteiger partial charge in [-0.3, -0.25) is 0 Å². The van der Waals surface area contributed by atoms with Crippen LogP contribution in [0.25, 0.3) is 22.0 Å². The minimum Gasteiger partial charge on any atom is -0.226 e. The van der Waals surface area contributed by atoms with Crippen molar-refractivity contribution in [2.45, 2.75) is 6.92 Å². The van der Waals surface area contributed by atoms with Crippen LogP contribution in [0, 0.1) is 10.5 Å². The van der Waals surface area contributed by atoms with Crippen LogP contribution < -0.4 is 0 Å². The number of hydrogen-bond acceptors (Lipinski definition) is 3. The Balaban J connectivity index is 2.21. The normalized spacial score (nSPS) is 10.8. The number of benzene rings is 1. The summed E-state index contributed by atoms with van der Waals surface area (Å²) in [7, 11) is 0. The summed E-state index contributed by atoms with van der Waals surface area (Å²) in [6.07, 6.45) is 0. The molecule has 2 heterocycles. The van der Waals surface area contributed by atoms with Crippen LogP contribution in [-0.4, -0.2) is 9.97 Å². The lowest BCUT2D eigenvalue weighted by Gasteiger charge is -2.08. The topological polar surface area (TPSA) is 25.8 Å². The number of halogens is 2. The van der Waals surface area contributed by atoms with Crippen molar-refractivity contribution in [3.05, 3.63) is 56.1 Å². The predicted molar refractivity (Wildman–Crippen MR) is 93.2 cm³/mol. The molecule has 0 N–H and O–H groups in total. The Morgan fingerprint density at radius 3 is 2.50 bits per heavy atom. The highest BCUT2D eigenvalue weighted by Crippen LogP contribution is 2.33. The average Bonchev–Trinajstić information content (AvgIpc) is 2.89. The predicted octanol–water partition coefficient (Wildman–Crippen LogP) is 5.44. The zero-order chi connectivity index (χ0) is 14.1. The molecule has 5 heteroatoms. The van der Waals surface area contributed by atoms with E-state index in [2.05, 4.69) is 40.6 Å². The van der Waals surface area contributed by atoms with Gasteiger partial charge in [-0.1, -0.05) is 41.9 Å². The van der Waals surface area contributed by atoms with Crippen molar-refractivity contribution in [2.75, 3.05) is 0 Å². The molecule has 3 aromatic rings. The van der Waals surface area contributed by atoms with Gasteiger partial charge in [-0.15, -0.1) is 11.3 Å². The molecule has 0 saturated heterocycles. The van der Waals surface area contributed by atoms with E-state index in [9.17, 15) is 0 Å². The highest BCUT2D eigenvalue weighted by atomic mass is 127. The molecular formula is C15H10ClIN2S. The SMILES string of the molecule is Cc1ccsc1-c1nc(Cl)c(I)c(-c2ccccc2)n1. The monoisotopic (exact) mass is 412 g/mol. The van der Waals surface area contributed by atoms with Crippen molar-refractivity contribution < 1.29 is 0 Å². The molecule has 3 rings (SSSR count). The molecule has 0 fully saturated rings. The first-order valence-electron chi connectivity index (χ1n) is 5.99. The van der Waals surface area contributed by atoms with E-state index < -0.39 is 0 Å². The van der Waals surface area contributed by atoms with E-state index in [-0.39, 0.29) is 0 Å². The van der Waals surface area contributed by atoms with Crippen LogP contribution in [0.2, 0.25) is 5.15 Å². The van der Waals surface area contributed by atoms with Crippen LogP contribution in [0.4, 0.5) is 0 Å². The summed E-state index contributed by atoms with van der Waals surface area (Å²) >= 11 is 10.1. The van der Waals surface area contributed by atoms with Gasteiger partial charge in [0.2, 0.25) is 0 Å². The van der Waals surface area contributed by atoms with Crippen molar-refractivity contribution in [3.63, 3.8) is 0 Å². The van der Waals surface area contributed by atoms with Gasteiger partial charge in [0.15, 0.2) is 5.82 Å². The highest BCUT2D eigenvalue weighted by molar-refractivity contribution is 14.1. The van der Waals surface area contributed by atoms with Gasteiger partial charge in [0, 0.05) is 5.56 Å². The molecule has 0 atom stereocenters. The molecule has 2 nitrogen and oxygen atoms in total. The maximum atomic E-state index is 6.28. The smallest absolute Gasteiger partial charge is 0.171 e. The first-order valence-corrected chi connectivity index (χ1v) is 8.33. The zero-order valence-electron chi connectivity index (χ0n) is 10.6. The van der Waals surface area contributed by atoms with E-state index in [0.717, 1.165) is 19.7 Å². The lowest BCUT2D eigenvalue weighted by atomic mass is 10.1. The number of rotatable bonds is 2.